The van der Waals surface area contributed by atoms with Crippen LogP contribution >= 0.6 is 0 Å². The predicted octanol–water partition coefficient (Wildman–Crippen LogP) is 6.78. The first-order valence-electron chi connectivity index (χ1n) is 11.2. The van der Waals surface area contributed by atoms with E-state index in [1.165, 1.54) is 44.9 Å². The molecule has 1 aromatic rings. The van der Waals surface area contributed by atoms with Crippen LogP contribution in [0, 0.1) is 28.1 Å². The summed E-state index contributed by atoms with van der Waals surface area (Å²) < 4.78 is 5.83. The van der Waals surface area contributed by atoms with Gasteiger partial charge in [-0.2, -0.15) is 10.5 Å². The third-order valence-corrected chi connectivity index (χ3v) is 7.43. The monoisotopic (exact) mass is 378 g/mol. The van der Waals surface area contributed by atoms with Crippen LogP contribution in [0.5, 0.6) is 5.75 Å². The fourth-order valence-electron chi connectivity index (χ4n) is 5.49. The second-order valence-electron chi connectivity index (χ2n) is 9.02. The molecule has 4 rings (SSSR count). The summed E-state index contributed by atoms with van der Waals surface area (Å²) in [5.74, 6) is 0.577. The molecule has 0 N–H and O–H groups in total. The first-order valence-corrected chi connectivity index (χ1v) is 11.2. The van der Waals surface area contributed by atoms with Crippen LogP contribution in [0.2, 0.25) is 0 Å². The van der Waals surface area contributed by atoms with Gasteiger partial charge in [0.1, 0.15) is 23.5 Å². The van der Waals surface area contributed by atoms with Gasteiger partial charge < -0.3 is 4.74 Å². The molecule has 3 aliphatic rings. The van der Waals surface area contributed by atoms with Crippen LogP contribution in [0.15, 0.2) is 12.1 Å². The van der Waals surface area contributed by atoms with Crippen molar-refractivity contribution in [1.29, 1.82) is 10.5 Å². The van der Waals surface area contributed by atoms with Gasteiger partial charge in [-0.15, -0.1) is 0 Å². The van der Waals surface area contributed by atoms with Gasteiger partial charge in [-0.25, -0.2) is 0 Å². The molecule has 28 heavy (non-hydrogen) atoms. The van der Waals surface area contributed by atoms with Crippen molar-refractivity contribution in [3.8, 4) is 17.9 Å². The third-order valence-electron chi connectivity index (χ3n) is 7.43. The molecule has 0 radical (unpaired) electrons. The largest absolute Gasteiger partial charge is 0.492 e. The van der Waals surface area contributed by atoms with E-state index in [1.54, 1.807) is 0 Å². The molecule has 0 aromatic heterocycles. The Bertz CT molecular complexity index is 743. The number of hydrogen-bond donors (Lipinski definition) is 0. The van der Waals surface area contributed by atoms with Crippen molar-refractivity contribution in [2.24, 2.45) is 5.41 Å². The Labute approximate surface area is 170 Å². The standard InChI is InChI=1S/C25H34N2O/c1-3-5-7-10-24-11-14-25(15-12-24,16-13-24)22-8-9-23(28-17-6-4-2)21(19-27)20(22)18-26/h8-9H,3-7,10-17H2,1-2H3. The lowest BCUT2D eigenvalue weighted by Gasteiger charge is -2.54. The van der Waals surface area contributed by atoms with Crippen molar-refractivity contribution < 1.29 is 4.74 Å². The Morgan fingerprint density at radius 3 is 2.07 bits per heavy atom. The zero-order valence-electron chi connectivity index (χ0n) is 17.6. The quantitative estimate of drug-likeness (QED) is 0.445. The number of nitriles is 2. The number of rotatable bonds is 9. The number of benzene rings is 1. The minimum absolute atomic E-state index is 0.0884. The van der Waals surface area contributed by atoms with Crippen molar-refractivity contribution in [3.63, 3.8) is 0 Å². The fourth-order valence-corrected chi connectivity index (χ4v) is 5.49. The van der Waals surface area contributed by atoms with Gasteiger partial charge >= 0.3 is 0 Å². The molecule has 0 aliphatic heterocycles. The Morgan fingerprint density at radius 1 is 0.857 bits per heavy atom. The molecule has 150 valence electrons. The van der Waals surface area contributed by atoms with Gasteiger partial charge in [0.2, 0.25) is 0 Å². The molecule has 0 atom stereocenters. The van der Waals surface area contributed by atoms with Gasteiger partial charge in [0, 0.05) is 0 Å². The molecule has 3 heteroatoms. The number of hydrogen-bond acceptors (Lipinski definition) is 3. The minimum atomic E-state index is 0.0884. The molecule has 1 aromatic carbocycles. The highest BCUT2D eigenvalue weighted by Gasteiger charge is 2.49. The highest BCUT2D eigenvalue weighted by Crippen LogP contribution is 2.60. The fraction of sp³-hybridized carbons (Fsp3) is 0.680. The Kier molecular flexibility index (Phi) is 6.66. The number of ether oxygens (including phenoxy) is 1. The van der Waals surface area contributed by atoms with Crippen molar-refractivity contribution in [3.05, 3.63) is 28.8 Å². The average Bonchev–Trinajstić information content (AvgIpc) is 2.74. The maximum absolute atomic E-state index is 9.92. The lowest BCUT2D eigenvalue weighted by Crippen LogP contribution is -2.44. The minimum Gasteiger partial charge on any atom is -0.492 e. The van der Waals surface area contributed by atoms with Crippen LogP contribution < -0.4 is 4.74 Å². The summed E-state index contributed by atoms with van der Waals surface area (Å²) in [5.41, 5.74) is 2.75. The van der Waals surface area contributed by atoms with Crippen molar-refractivity contribution in [2.45, 2.75) is 96.3 Å². The number of fused-ring (bicyclic) bond motifs is 3. The van der Waals surface area contributed by atoms with Gasteiger partial charge in [-0.05, 0) is 73.8 Å². The van der Waals surface area contributed by atoms with Gasteiger partial charge in [0.15, 0.2) is 0 Å². The molecule has 0 heterocycles. The molecule has 3 fully saturated rings. The van der Waals surface area contributed by atoms with Gasteiger partial charge in [0.25, 0.3) is 0 Å². The zero-order valence-corrected chi connectivity index (χ0v) is 17.6. The molecular formula is C25H34N2O. The molecule has 2 bridgehead atoms. The molecule has 3 saturated carbocycles. The lowest BCUT2D eigenvalue weighted by molar-refractivity contribution is 0.0304. The third kappa shape index (κ3) is 3.91. The number of nitrogens with zero attached hydrogens (tertiary/aromatic N) is 2. The van der Waals surface area contributed by atoms with Crippen LogP contribution in [0.3, 0.4) is 0 Å². The van der Waals surface area contributed by atoms with E-state index in [4.69, 9.17) is 4.74 Å². The van der Waals surface area contributed by atoms with E-state index >= 15 is 0 Å². The first kappa shape index (κ1) is 20.7. The van der Waals surface area contributed by atoms with E-state index in [-0.39, 0.29) is 5.41 Å². The highest BCUT2D eigenvalue weighted by atomic mass is 16.5. The molecular weight excluding hydrogens is 344 g/mol. The molecule has 0 amide bonds. The maximum atomic E-state index is 9.92. The summed E-state index contributed by atoms with van der Waals surface area (Å²) in [5, 5.41) is 19.7. The van der Waals surface area contributed by atoms with E-state index in [0.717, 1.165) is 37.7 Å². The van der Waals surface area contributed by atoms with Crippen molar-refractivity contribution in [1.82, 2.24) is 0 Å². The summed E-state index contributed by atoms with van der Waals surface area (Å²) >= 11 is 0. The lowest BCUT2D eigenvalue weighted by atomic mass is 9.50. The van der Waals surface area contributed by atoms with Gasteiger partial charge in [0.05, 0.1) is 12.2 Å². The highest BCUT2D eigenvalue weighted by molar-refractivity contribution is 5.60. The summed E-state index contributed by atoms with van der Waals surface area (Å²) in [6.07, 6.45) is 14.7. The van der Waals surface area contributed by atoms with E-state index in [9.17, 15) is 10.5 Å². The SMILES string of the molecule is CCCCCC12CCC(c3ccc(OCCCC)c(C#N)c3C#N)(CC1)CC2. The van der Waals surface area contributed by atoms with E-state index < -0.39 is 0 Å². The van der Waals surface area contributed by atoms with Crippen LogP contribution in [0.4, 0.5) is 0 Å². The Balaban J connectivity index is 1.83. The second kappa shape index (κ2) is 9.00. The van der Waals surface area contributed by atoms with Gasteiger partial charge in [-0.3, -0.25) is 0 Å². The number of unbranched alkanes of at least 4 members (excludes halogenated alkanes) is 3. The summed E-state index contributed by atoms with van der Waals surface area (Å²) in [6.45, 7) is 4.99. The zero-order chi connectivity index (χ0) is 20.0. The Hall–Kier alpha value is -2.00. The smallest absolute Gasteiger partial charge is 0.138 e. The van der Waals surface area contributed by atoms with Crippen LogP contribution in [-0.2, 0) is 5.41 Å². The maximum Gasteiger partial charge on any atom is 0.138 e. The topological polar surface area (TPSA) is 56.8 Å². The van der Waals surface area contributed by atoms with E-state index in [0.29, 0.717) is 28.9 Å². The summed E-state index contributed by atoms with van der Waals surface area (Å²) in [4.78, 5) is 0. The average molecular weight is 379 g/mol. The molecule has 0 unspecified atom stereocenters. The second-order valence-corrected chi connectivity index (χ2v) is 9.02. The van der Waals surface area contributed by atoms with Crippen LogP contribution in [0.1, 0.15) is 108 Å². The molecule has 3 nitrogen and oxygen atoms in total. The summed E-state index contributed by atoms with van der Waals surface area (Å²) in [7, 11) is 0. The first-order chi connectivity index (χ1) is 13.6. The molecule has 0 spiro atoms. The summed E-state index contributed by atoms with van der Waals surface area (Å²) in [6, 6.07) is 8.67. The van der Waals surface area contributed by atoms with Crippen LogP contribution in [0.25, 0.3) is 0 Å². The molecule has 3 aliphatic carbocycles. The normalized spacial score (nSPS) is 25.9. The Morgan fingerprint density at radius 2 is 1.50 bits per heavy atom. The molecule has 0 saturated heterocycles. The van der Waals surface area contributed by atoms with Crippen molar-refractivity contribution in [2.75, 3.05) is 6.61 Å². The van der Waals surface area contributed by atoms with E-state index in [1.807, 2.05) is 6.07 Å². The van der Waals surface area contributed by atoms with Crippen molar-refractivity contribution >= 4 is 0 Å². The van der Waals surface area contributed by atoms with E-state index in [2.05, 4.69) is 32.1 Å². The van der Waals surface area contributed by atoms with Gasteiger partial charge in [-0.1, -0.05) is 45.6 Å². The predicted molar refractivity (Wildman–Crippen MR) is 112 cm³/mol. The van der Waals surface area contributed by atoms with Crippen LogP contribution in [-0.4, -0.2) is 6.61 Å².